The summed E-state index contributed by atoms with van der Waals surface area (Å²) in [6, 6.07) is 0. The van der Waals surface area contributed by atoms with Crippen molar-refractivity contribution in [2.45, 2.75) is 113 Å². The van der Waals surface area contributed by atoms with E-state index in [1.165, 1.54) is 25.7 Å². The molecule has 0 bridgehead atoms. The number of esters is 1. The Morgan fingerprint density at radius 2 is 1.62 bits per heavy atom. The molecule has 0 aliphatic heterocycles. The second-order valence-corrected chi connectivity index (χ2v) is 15.4. The average molecular weight is 554 g/mol. The van der Waals surface area contributed by atoms with Crippen molar-refractivity contribution in [1.82, 2.24) is 0 Å². The van der Waals surface area contributed by atoms with Gasteiger partial charge < -0.3 is 14.4 Å². The number of oxime groups is 1. The third-order valence-electron chi connectivity index (χ3n) is 13.8. The predicted octanol–water partition coefficient (Wildman–Crippen LogP) is 7.31. The number of allylic oxidation sites excluding steroid dienone is 1. The number of hydrogen-bond donors (Lipinski definition) is 0. The van der Waals surface area contributed by atoms with Gasteiger partial charge in [0.1, 0.15) is 12.9 Å². The predicted molar refractivity (Wildman–Crippen MR) is 155 cm³/mol. The number of aldehydes is 1. The van der Waals surface area contributed by atoms with Crippen LogP contribution in [0, 0.1) is 56.7 Å². The molecule has 0 N–H and O–H groups in total. The fraction of sp³-hybridized carbons (Fsp3) is 0.824. The van der Waals surface area contributed by atoms with Gasteiger partial charge in [-0.05, 0) is 117 Å². The van der Waals surface area contributed by atoms with E-state index < -0.39 is 11.4 Å². The lowest BCUT2D eigenvalue weighted by atomic mass is 9.32. The molecular formula is C34H51NO5. The Bertz CT molecular complexity index is 1130. The van der Waals surface area contributed by atoms with Gasteiger partial charge in [0.15, 0.2) is 0 Å². The molecule has 6 heteroatoms. The minimum atomic E-state index is -0.483. The quantitative estimate of drug-likeness (QED) is 0.117. The fourth-order valence-corrected chi connectivity index (χ4v) is 11.7. The van der Waals surface area contributed by atoms with E-state index in [2.05, 4.69) is 46.4 Å². The molecule has 0 radical (unpaired) electrons. The molecule has 6 nitrogen and oxygen atoms in total. The SMILES string of the molecule is C=C(C)[C@@H]1CC[C@]2(C=O)CC[C@]3(C)[C@H](CC[C@@H]4[C@@]5(C)CCC(=NOC(C)=O)[C@](C)(COC(C)=O)[C@@H]5CC[C@]43C)[C@@H]12. The van der Waals surface area contributed by atoms with Crippen molar-refractivity contribution in [2.24, 2.45) is 61.8 Å². The largest absolute Gasteiger partial charge is 0.465 e. The fourth-order valence-electron chi connectivity index (χ4n) is 11.7. The molecule has 5 saturated carbocycles. The maximum atomic E-state index is 12.7. The second kappa shape index (κ2) is 9.80. The molecule has 40 heavy (non-hydrogen) atoms. The molecule has 0 amide bonds. The Balaban J connectivity index is 1.53. The molecular weight excluding hydrogens is 502 g/mol. The van der Waals surface area contributed by atoms with Crippen molar-refractivity contribution in [3.8, 4) is 0 Å². The summed E-state index contributed by atoms with van der Waals surface area (Å²) in [6.45, 7) is 19.5. The minimum absolute atomic E-state index is 0.0494. The third-order valence-corrected chi connectivity index (χ3v) is 13.8. The lowest BCUT2D eigenvalue weighted by Gasteiger charge is -2.72. The monoisotopic (exact) mass is 553 g/mol. The zero-order valence-electron chi connectivity index (χ0n) is 25.9. The van der Waals surface area contributed by atoms with Crippen LogP contribution in [0.1, 0.15) is 113 Å². The van der Waals surface area contributed by atoms with Crippen molar-refractivity contribution in [3.63, 3.8) is 0 Å². The van der Waals surface area contributed by atoms with Crippen LogP contribution in [0.2, 0.25) is 0 Å². The van der Waals surface area contributed by atoms with Crippen LogP contribution >= 0.6 is 0 Å². The maximum Gasteiger partial charge on any atom is 0.331 e. The van der Waals surface area contributed by atoms with Gasteiger partial charge in [-0.25, -0.2) is 4.79 Å². The molecule has 5 aliphatic carbocycles. The molecule has 0 aromatic carbocycles. The van der Waals surface area contributed by atoms with Gasteiger partial charge >= 0.3 is 11.9 Å². The van der Waals surface area contributed by atoms with E-state index in [-0.39, 0.29) is 40.2 Å². The molecule has 5 fully saturated rings. The summed E-state index contributed by atoms with van der Waals surface area (Å²) < 4.78 is 5.69. The highest BCUT2D eigenvalue weighted by molar-refractivity contribution is 5.91. The molecule has 10 atom stereocenters. The third kappa shape index (κ3) is 4.01. The summed E-state index contributed by atoms with van der Waals surface area (Å²) in [5, 5.41) is 4.35. The first-order valence-corrected chi connectivity index (χ1v) is 15.7. The lowest BCUT2D eigenvalue weighted by molar-refractivity contribution is -0.228. The first-order chi connectivity index (χ1) is 18.7. The molecule has 0 heterocycles. The Hall–Kier alpha value is -1.98. The van der Waals surface area contributed by atoms with Gasteiger partial charge in [-0.1, -0.05) is 45.0 Å². The van der Waals surface area contributed by atoms with Crippen LogP contribution in [0.15, 0.2) is 17.3 Å². The zero-order chi connectivity index (χ0) is 29.3. The summed E-state index contributed by atoms with van der Waals surface area (Å²) in [7, 11) is 0. The number of carbonyl (C=O) groups is 3. The first-order valence-electron chi connectivity index (χ1n) is 15.7. The van der Waals surface area contributed by atoms with Crippen LogP contribution in [0.5, 0.6) is 0 Å². The highest BCUT2D eigenvalue weighted by Gasteiger charge is 2.71. The summed E-state index contributed by atoms with van der Waals surface area (Å²) in [5.41, 5.74) is 1.82. The summed E-state index contributed by atoms with van der Waals surface area (Å²) in [4.78, 5) is 41.5. The molecule has 0 aromatic heterocycles. The van der Waals surface area contributed by atoms with E-state index in [9.17, 15) is 14.4 Å². The van der Waals surface area contributed by atoms with Crippen molar-refractivity contribution in [1.29, 1.82) is 0 Å². The normalized spacial score (nSPS) is 48.7. The molecule has 222 valence electrons. The molecule has 0 unspecified atom stereocenters. The van der Waals surface area contributed by atoms with Crippen LogP contribution in [-0.4, -0.2) is 30.5 Å². The van der Waals surface area contributed by atoms with Crippen LogP contribution in [0.25, 0.3) is 0 Å². The van der Waals surface area contributed by atoms with Crippen molar-refractivity contribution < 1.29 is 24.0 Å². The van der Waals surface area contributed by atoms with E-state index in [0.29, 0.717) is 23.7 Å². The van der Waals surface area contributed by atoms with E-state index in [1.54, 1.807) is 0 Å². The van der Waals surface area contributed by atoms with E-state index in [4.69, 9.17) is 9.57 Å². The zero-order valence-corrected chi connectivity index (χ0v) is 25.9. The number of nitrogens with zero attached hydrogens (tertiary/aromatic N) is 1. The van der Waals surface area contributed by atoms with Gasteiger partial charge in [-0.3, -0.25) is 4.79 Å². The number of hydrogen-bond acceptors (Lipinski definition) is 6. The molecule has 5 rings (SSSR count). The van der Waals surface area contributed by atoms with Crippen molar-refractivity contribution in [2.75, 3.05) is 6.61 Å². The standard InChI is InChI=1S/C34H51NO5/c1-21(2)24-11-16-34(19-36)18-17-32(7)25(29(24)34)9-10-27-30(5)14-13-28(35-40-23(4)38)31(6,20-39-22(3)37)26(30)12-15-33(27,32)8/h19,24-27,29H,1,9-18,20H2,2-8H3/t24-,25+,26+,27+,29+,30-,31+,32+,33+,34+/m0/s1. The van der Waals surface area contributed by atoms with Crippen LogP contribution < -0.4 is 0 Å². The van der Waals surface area contributed by atoms with Crippen LogP contribution in [-0.2, 0) is 24.0 Å². The number of ether oxygens (including phenoxy) is 1. The second-order valence-electron chi connectivity index (χ2n) is 15.4. The Kier molecular flexibility index (Phi) is 7.23. The Morgan fingerprint density at radius 1 is 0.900 bits per heavy atom. The van der Waals surface area contributed by atoms with E-state index in [0.717, 1.165) is 69.9 Å². The van der Waals surface area contributed by atoms with Gasteiger partial charge in [-0.15, -0.1) is 0 Å². The molecule has 0 spiro atoms. The molecule has 0 aromatic rings. The maximum absolute atomic E-state index is 12.7. The Morgan fingerprint density at radius 3 is 2.25 bits per heavy atom. The molecule has 0 saturated heterocycles. The van der Waals surface area contributed by atoms with Gasteiger partial charge in [0.25, 0.3) is 0 Å². The van der Waals surface area contributed by atoms with Crippen LogP contribution in [0.4, 0.5) is 0 Å². The van der Waals surface area contributed by atoms with Crippen molar-refractivity contribution in [3.05, 3.63) is 12.2 Å². The van der Waals surface area contributed by atoms with E-state index in [1.807, 2.05) is 0 Å². The van der Waals surface area contributed by atoms with Gasteiger partial charge in [0, 0.05) is 24.7 Å². The topological polar surface area (TPSA) is 82.0 Å². The lowest BCUT2D eigenvalue weighted by Crippen LogP contribution is -2.67. The van der Waals surface area contributed by atoms with Gasteiger partial charge in [0.05, 0.1) is 5.71 Å². The smallest absolute Gasteiger partial charge is 0.331 e. The van der Waals surface area contributed by atoms with Gasteiger partial charge in [0.2, 0.25) is 0 Å². The Labute approximate surface area is 241 Å². The highest BCUT2D eigenvalue weighted by atomic mass is 16.7. The number of rotatable bonds is 5. The first kappa shape index (κ1) is 29.5. The minimum Gasteiger partial charge on any atom is -0.465 e. The average Bonchev–Trinajstić information content (AvgIpc) is 3.28. The summed E-state index contributed by atoms with van der Waals surface area (Å²) in [5.74, 6) is 1.47. The van der Waals surface area contributed by atoms with E-state index >= 15 is 0 Å². The van der Waals surface area contributed by atoms with Crippen molar-refractivity contribution >= 4 is 23.9 Å². The summed E-state index contributed by atoms with van der Waals surface area (Å²) in [6.07, 6.45) is 11.8. The van der Waals surface area contributed by atoms with Crippen LogP contribution in [0.3, 0.4) is 0 Å². The molecule has 5 aliphatic rings. The number of carbonyl (C=O) groups excluding carboxylic acids is 3. The number of fused-ring (bicyclic) bond motifs is 7. The summed E-state index contributed by atoms with van der Waals surface area (Å²) >= 11 is 0. The highest BCUT2D eigenvalue weighted by Crippen LogP contribution is 2.77. The van der Waals surface area contributed by atoms with Gasteiger partial charge in [-0.2, -0.15) is 0 Å².